The second kappa shape index (κ2) is 7.84. The van der Waals surface area contributed by atoms with Crippen LogP contribution in [0.25, 0.3) is 0 Å². The molecule has 1 aromatic carbocycles. The molecule has 0 saturated heterocycles. The number of nitrogens with zero attached hydrogens (tertiary/aromatic N) is 2. The minimum absolute atomic E-state index is 0.0888. The van der Waals surface area contributed by atoms with Gasteiger partial charge in [-0.3, -0.25) is 4.79 Å². The average Bonchev–Trinajstić information content (AvgIpc) is 2.79. The van der Waals surface area contributed by atoms with Crippen molar-refractivity contribution in [2.75, 3.05) is 24.5 Å². The van der Waals surface area contributed by atoms with Crippen molar-refractivity contribution in [1.82, 2.24) is 0 Å². The zero-order valence-electron chi connectivity index (χ0n) is 20.4. The Morgan fingerprint density at radius 3 is 2.88 bits per heavy atom. The fourth-order valence-corrected chi connectivity index (χ4v) is 6.73. The maximum Gasteiger partial charge on any atom is 0.303 e. The van der Waals surface area contributed by atoms with E-state index in [0.717, 1.165) is 61.8 Å². The van der Waals surface area contributed by atoms with Gasteiger partial charge in [-0.2, -0.15) is 0 Å². The van der Waals surface area contributed by atoms with Crippen LogP contribution in [0, 0.1) is 0 Å². The predicted molar refractivity (Wildman–Crippen MR) is 134 cm³/mol. The number of aryl methyl sites for hydroxylation is 1. The standard InChI is InChI=1S/C28H33N3O3/c1-17-16-28(2,3)31(12-6-9-25(32)33)23-15-24-21(14-20(17)23)29-22-13-18-7-4-10-30-11-5-8-19(26(18)30)27(22)34-24/h13-16,23H,4-12H2,1-3H3,(H,32,33)/p+1. The lowest BCUT2D eigenvalue weighted by atomic mass is 9.81. The number of nitrogens with one attached hydrogen (secondary N) is 1. The number of anilines is 1. The molecule has 0 saturated carbocycles. The highest BCUT2D eigenvalue weighted by Crippen LogP contribution is 2.48. The van der Waals surface area contributed by atoms with E-state index in [-0.39, 0.29) is 18.0 Å². The number of carboxylic acid groups (broad SMARTS) is 1. The third-order valence-electron chi connectivity index (χ3n) is 8.18. The molecule has 178 valence electrons. The van der Waals surface area contributed by atoms with E-state index < -0.39 is 5.97 Å². The molecular formula is C28H34N3O3+. The third-order valence-corrected chi connectivity index (χ3v) is 8.18. The van der Waals surface area contributed by atoms with Crippen molar-refractivity contribution < 1.29 is 19.5 Å². The maximum atomic E-state index is 11.1. The number of hydrogen-bond acceptors (Lipinski definition) is 4. The first-order valence-corrected chi connectivity index (χ1v) is 12.7. The maximum absolute atomic E-state index is 11.1. The first-order chi connectivity index (χ1) is 16.3. The Kier molecular flexibility index (Phi) is 4.99. The van der Waals surface area contributed by atoms with E-state index in [2.05, 4.69) is 50.0 Å². The zero-order valence-corrected chi connectivity index (χ0v) is 20.4. The summed E-state index contributed by atoms with van der Waals surface area (Å²) >= 11 is 0. The van der Waals surface area contributed by atoms with Gasteiger partial charge in [-0.05, 0) is 75.8 Å². The molecule has 1 aromatic rings. The van der Waals surface area contributed by atoms with Crippen LogP contribution in [0.1, 0.15) is 57.6 Å². The van der Waals surface area contributed by atoms with E-state index in [1.807, 2.05) is 0 Å². The predicted octanol–water partition coefficient (Wildman–Crippen LogP) is 3.53. The number of allylic oxidation sites excluding steroid dienone is 1. The minimum atomic E-state index is -0.730. The third kappa shape index (κ3) is 3.42. The summed E-state index contributed by atoms with van der Waals surface area (Å²) in [7, 11) is 0. The van der Waals surface area contributed by atoms with Crippen molar-refractivity contribution >= 4 is 23.1 Å². The van der Waals surface area contributed by atoms with E-state index in [9.17, 15) is 4.79 Å². The monoisotopic (exact) mass is 460 g/mol. The second-order valence-electron chi connectivity index (χ2n) is 10.9. The van der Waals surface area contributed by atoms with Crippen molar-refractivity contribution in [2.45, 2.75) is 70.9 Å². The molecule has 6 nitrogen and oxygen atoms in total. The van der Waals surface area contributed by atoms with Crippen molar-refractivity contribution in [2.24, 2.45) is 4.99 Å². The van der Waals surface area contributed by atoms with Crippen molar-refractivity contribution in [3.63, 3.8) is 0 Å². The van der Waals surface area contributed by atoms with E-state index in [1.165, 1.54) is 39.3 Å². The van der Waals surface area contributed by atoms with Crippen LogP contribution in [0.2, 0.25) is 0 Å². The Bertz CT molecular complexity index is 1200. The molecular weight excluding hydrogens is 426 g/mol. The molecule has 0 radical (unpaired) electrons. The van der Waals surface area contributed by atoms with Gasteiger partial charge in [-0.15, -0.1) is 0 Å². The van der Waals surface area contributed by atoms with Gasteiger partial charge in [0.15, 0.2) is 11.5 Å². The summed E-state index contributed by atoms with van der Waals surface area (Å²) < 4.78 is 6.68. The summed E-state index contributed by atoms with van der Waals surface area (Å²) in [5.74, 6) is 1.07. The molecule has 34 heavy (non-hydrogen) atoms. The molecule has 2 N–H and O–H groups in total. The van der Waals surface area contributed by atoms with Gasteiger partial charge in [0.25, 0.3) is 0 Å². The van der Waals surface area contributed by atoms with Gasteiger partial charge in [0.1, 0.15) is 23.0 Å². The Morgan fingerprint density at radius 1 is 1.29 bits per heavy atom. The Labute approximate surface area is 201 Å². The number of carboxylic acids is 1. The lowest BCUT2D eigenvalue weighted by Crippen LogP contribution is -3.23. The summed E-state index contributed by atoms with van der Waals surface area (Å²) in [6, 6.07) is 2.39. The first-order valence-electron chi connectivity index (χ1n) is 12.7. The Morgan fingerprint density at radius 2 is 2.09 bits per heavy atom. The molecule has 0 amide bonds. The van der Waals surface area contributed by atoms with Crippen LogP contribution in [0.4, 0.5) is 11.4 Å². The van der Waals surface area contributed by atoms with Gasteiger partial charge >= 0.3 is 5.97 Å². The topological polar surface area (TPSA) is 66.6 Å². The first kappa shape index (κ1) is 21.7. The van der Waals surface area contributed by atoms with Gasteiger partial charge in [0.2, 0.25) is 0 Å². The molecule has 4 heterocycles. The van der Waals surface area contributed by atoms with E-state index >= 15 is 0 Å². The Balaban J connectivity index is 1.41. The smallest absolute Gasteiger partial charge is 0.303 e. The molecule has 4 aliphatic heterocycles. The minimum Gasteiger partial charge on any atom is -0.481 e. The van der Waals surface area contributed by atoms with Crippen LogP contribution in [-0.2, 0) is 17.6 Å². The van der Waals surface area contributed by atoms with Gasteiger partial charge in [0.05, 0.1) is 13.0 Å². The van der Waals surface area contributed by atoms with Crippen LogP contribution in [0.3, 0.4) is 0 Å². The summed E-state index contributed by atoms with van der Waals surface area (Å²) in [6.07, 6.45) is 12.2. The summed E-state index contributed by atoms with van der Waals surface area (Å²) in [6.45, 7) is 9.74. The van der Waals surface area contributed by atoms with Gasteiger partial charge in [0, 0.05) is 42.4 Å². The molecule has 6 heteroatoms. The van der Waals surface area contributed by atoms with E-state index in [0.29, 0.717) is 6.42 Å². The largest absolute Gasteiger partial charge is 0.481 e. The van der Waals surface area contributed by atoms with E-state index in [4.69, 9.17) is 14.8 Å². The average molecular weight is 461 g/mol. The quantitative estimate of drug-likeness (QED) is 0.722. The number of carbonyl (C=O) groups is 1. The number of hydrogen-bond donors (Lipinski definition) is 2. The molecule has 0 aromatic heterocycles. The molecule has 2 atom stereocenters. The molecule has 0 fully saturated rings. The molecule has 0 spiro atoms. The molecule has 5 aliphatic rings. The number of ether oxygens (including phenoxy) is 1. The van der Waals surface area contributed by atoms with E-state index in [1.54, 1.807) is 0 Å². The number of quaternary nitrogens is 1. The van der Waals surface area contributed by atoms with Crippen LogP contribution in [0.15, 0.2) is 46.2 Å². The molecule has 1 aliphatic carbocycles. The fourth-order valence-electron chi connectivity index (χ4n) is 6.73. The number of aliphatic carboxylic acids is 1. The second-order valence-corrected chi connectivity index (χ2v) is 10.9. The normalized spacial score (nSPS) is 25.9. The SMILES string of the molecule is CC1=CC(C)(C)[NH+](CCCC(=O)O)C2C=C3Oc4c(cc5c6c4CCCN6CCC5)N=C3C=C12. The highest BCUT2D eigenvalue weighted by atomic mass is 16.5. The Hall–Kier alpha value is -2.86. The summed E-state index contributed by atoms with van der Waals surface area (Å²) in [5.41, 5.74) is 8.50. The molecule has 6 rings (SSSR count). The number of fused-ring (bicyclic) bond motifs is 4. The van der Waals surface area contributed by atoms with Gasteiger partial charge < -0.3 is 19.6 Å². The number of aliphatic imine (C=N–C) groups is 1. The van der Waals surface area contributed by atoms with Crippen molar-refractivity contribution in [3.8, 4) is 5.75 Å². The van der Waals surface area contributed by atoms with Crippen LogP contribution >= 0.6 is 0 Å². The highest BCUT2D eigenvalue weighted by molar-refractivity contribution is 6.12. The lowest BCUT2D eigenvalue weighted by molar-refractivity contribution is -0.955. The highest BCUT2D eigenvalue weighted by Gasteiger charge is 2.43. The van der Waals surface area contributed by atoms with Crippen molar-refractivity contribution in [3.05, 3.63) is 52.3 Å². The van der Waals surface area contributed by atoms with Crippen LogP contribution in [-0.4, -0.2) is 48.0 Å². The molecule has 0 bridgehead atoms. The summed E-state index contributed by atoms with van der Waals surface area (Å²) in [4.78, 5) is 20.2. The number of benzene rings is 1. The van der Waals surface area contributed by atoms with Gasteiger partial charge in [-0.1, -0.05) is 0 Å². The number of rotatable bonds is 4. The van der Waals surface area contributed by atoms with Crippen LogP contribution in [0.5, 0.6) is 5.75 Å². The van der Waals surface area contributed by atoms with Crippen molar-refractivity contribution in [1.29, 1.82) is 0 Å². The lowest BCUT2D eigenvalue weighted by Gasteiger charge is -2.44. The van der Waals surface area contributed by atoms with Crippen LogP contribution < -0.4 is 14.5 Å². The zero-order chi connectivity index (χ0) is 23.6. The van der Waals surface area contributed by atoms with Gasteiger partial charge in [-0.25, -0.2) is 4.99 Å². The summed E-state index contributed by atoms with van der Waals surface area (Å²) in [5, 5.41) is 9.17. The fraction of sp³-hybridized carbons (Fsp3) is 0.500. The molecule has 2 unspecified atom stereocenters.